The maximum absolute atomic E-state index is 12.1. The van der Waals surface area contributed by atoms with Crippen LogP contribution in [0.3, 0.4) is 0 Å². The highest BCUT2D eigenvalue weighted by Crippen LogP contribution is 2.30. The Morgan fingerprint density at radius 2 is 1.92 bits per heavy atom. The lowest BCUT2D eigenvalue weighted by Gasteiger charge is -2.03. The Kier molecular flexibility index (Phi) is 6.59. The van der Waals surface area contributed by atoms with Gasteiger partial charge in [-0.2, -0.15) is 0 Å². The zero-order valence-corrected chi connectivity index (χ0v) is 17.1. The number of benzene rings is 2. The van der Waals surface area contributed by atoms with Crippen LogP contribution in [0.1, 0.15) is 12.0 Å². The smallest absolute Gasteiger partial charge is 0.226 e. The first-order valence-electron chi connectivity index (χ1n) is 7.91. The molecule has 1 heterocycles. The molecule has 1 N–H and O–H groups in total. The minimum absolute atomic E-state index is 0.0420. The summed E-state index contributed by atoms with van der Waals surface area (Å²) in [5.41, 5.74) is 2.86. The number of amides is 1. The van der Waals surface area contributed by atoms with Gasteiger partial charge in [0.2, 0.25) is 5.91 Å². The van der Waals surface area contributed by atoms with Gasteiger partial charge >= 0.3 is 0 Å². The van der Waals surface area contributed by atoms with E-state index in [9.17, 15) is 4.79 Å². The Hall–Kier alpha value is -1.53. The predicted molar refractivity (Wildman–Crippen MR) is 113 cm³/mol. The second kappa shape index (κ2) is 8.91. The van der Waals surface area contributed by atoms with Gasteiger partial charge < -0.3 is 5.32 Å². The number of thioether (sulfide) groups is 1. The van der Waals surface area contributed by atoms with Gasteiger partial charge in [-0.1, -0.05) is 47.0 Å². The van der Waals surface area contributed by atoms with Crippen LogP contribution in [0.2, 0.25) is 10.0 Å². The molecule has 26 heavy (non-hydrogen) atoms. The Morgan fingerprint density at radius 1 is 1.15 bits per heavy atom. The van der Waals surface area contributed by atoms with E-state index in [1.807, 2.05) is 11.4 Å². The van der Waals surface area contributed by atoms with Crippen LogP contribution < -0.4 is 5.32 Å². The monoisotopic (exact) mass is 422 g/mol. The van der Waals surface area contributed by atoms with Crippen LogP contribution in [0.4, 0.5) is 5.13 Å². The highest BCUT2D eigenvalue weighted by Gasteiger charge is 2.09. The number of halogens is 2. The average Bonchev–Trinajstić information content (AvgIpc) is 3.07. The van der Waals surface area contributed by atoms with Crippen molar-refractivity contribution in [1.82, 2.24) is 4.98 Å². The van der Waals surface area contributed by atoms with Gasteiger partial charge in [0, 0.05) is 28.0 Å². The second-order valence-electron chi connectivity index (χ2n) is 5.63. The number of nitrogens with zero attached hydrogens (tertiary/aromatic N) is 1. The van der Waals surface area contributed by atoms with Gasteiger partial charge in [0.15, 0.2) is 5.13 Å². The van der Waals surface area contributed by atoms with E-state index in [1.165, 1.54) is 21.8 Å². The molecule has 0 spiro atoms. The van der Waals surface area contributed by atoms with Gasteiger partial charge in [-0.3, -0.25) is 4.79 Å². The number of thiazole rings is 1. The number of aromatic nitrogens is 1. The van der Waals surface area contributed by atoms with Crippen molar-refractivity contribution in [2.75, 3.05) is 11.1 Å². The molecule has 0 bridgehead atoms. The van der Waals surface area contributed by atoms with Crippen LogP contribution in [0.15, 0.2) is 52.7 Å². The van der Waals surface area contributed by atoms with Crippen LogP contribution in [0.25, 0.3) is 11.3 Å². The quantitative estimate of drug-likeness (QED) is 0.458. The van der Waals surface area contributed by atoms with Crippen LogP contribution >= 0.6 is 46.3 Å². The largest absolute Gasteiger partial charge is 0.302 e. The number of nitrogens with one attached hydrogen (secondary N) is 1. The van der Waals surface area contributed by atoms with E-state index in [0.717, 1.165) is 17.0 Å². The molecule has 0 aliphatic carbocycles. The topological polar surface area (TPSA) is 42.0 Å². The third kappa shape index (κ3) is 5.24. The van der Waals surface area contributed by atoms with Gasteiger partial charge in [0.05, 0.1) is 15.7 Å². The van der Waals surface area contributed by atoms with E-state index in [2.05, 4.69) is 41.5 Å². The van der Waals surface area contributed by atoms with Crippen LogP contribution in [0.5, 0.6) is 0 Å². The fraction of sp³-hybridized carbons (Fsp3) is 0.158. The first kappa shape index (κ1) is 19.2. The van der Waals surface area contributed by atoms with Gasteiger partial charge in [-0.25, -0.2) is 4.98 Å². The lowest BCUT2D eigenvalue weighted by atomic mass is 10.2. The molecule has 134 valence electrons. The van der Waals surface area contributed by atoms with Crippen molar-refractivity contribution >= 4 is 57.3 Å². The van der Waals surface area contributed by atoms with Crippen molar-refractivity contribution in [1.29, 1.82) is 0 Å². The van der Waals surface area contributed by atoms with E-state index in [0.29, 0.717) is 21.6 Å². The summed E-state index contributed by atoms with van der Waals surface area (Å²) in [7, 11) is 0. The van der Waals surface area contributed by atoms with Crippen molar-refractivity contribution < 1.29 is 4.79 Å². The number of carbonyl (C=O) groups is 1. The molecule has 3 aromatic rings. The molecule has 0 atom stereocenters. The van der Waals surface area contributed by atoms with Crippen LogP contribution in [-0.2, 0) is 4.79 Å². The van der Waals surface area contributed by atoms with Gasteiger partial charge in [0.1, 0.15) is 0 Å². The standard InChI is InChI=1S/C19H16Cl2N2OS2/c1-12-2-5-14(6-3-12)25-9-8-18(24)23-19-22-17(11-26-19)13-4-7-15(20)16(21)10-13/h2-7,10-11H,8-9H2,1H3,(H,22,23,24). The number of carbonyl (C=O) groups excluding carboxylic acids is 1. The number of hydrogen-bond donors (Lipinski definition) is 1. The van der Waals surface area contributed by atoms with E-state index >= 15 is 0 Å². The molecule has 1 aromatic heterocycles. The van der Waals surface area contributed by atoms with Crippen molar-refractivity contribution in [2.24, 2.45) is 0 Å². The second-order valence-corrected chi connectivity index (χ2v) is 8.47. The molecule has 3 rings (SSSR count). The summed E-state index contributed by atoms with van der Waals surface area (Å²) < 4.78 is 0. The third-order valence-corrected chi connectivity index (χ3v) is 6.10. The SMILES string of the molecule is Cc1ccc(SCCC(=O)Nc2nc(-c3ccc(Cl)c(Cl)c3)cs2)cc1. The van der Waals surface area contributed by atoms with Crippen LogP contribution in [0, 0.1) is 6.92 Å². The molecule has 0 unspecified atom stereocenters. The van der Waals surface area contributed by atoms with E-state index in [1.54, 1.807) is 23.9 Å². The van der Waals surface area contributed by atoms with Crippen molar-refractivity contribution in [2.45, 2.75) is 18.2 Å². The molecule has 0 radical (unpaired) electrons. The Labute approximate surface area is 170 Å². The lowest BCUT2D eigenvalue weighted by molar-refractivity contribution is -0.115. The summed E-state index contributed by atoms with van der Waals surface area (Å²) in [4.78, 5) is 17.7. The molecule has 0 aliphatic rings. The van der Waals surface area contributed by atoms with E-state index in [-0.39, 0.29) is 5.91 Å². The lowest BCUT2D eigenvalue weighted by Crippen LogP contribution is -2.11. The molecule has 0 fully saturated rings. The number of aryl methyl sites for hydroxylation is 1. The highest BCUT2D eigenvalue weighted by atomic mass is 35.5. The zero-order valence-electron chi connectivity index (χ0n) is 14.0. The normalized spacial score (nSPS) is 10.7. The molecule has 0 saturated heterocycles. The minimum Gasteiger partial charge on any atom is -0.302 e. The summed E-state index contributed by atoms with van der Waals surface area (Å²) in [5.74, 6) is 0.680. The van der Waals surface area contributed by atoms with E-state index < -0.39 is 0 Å². The van der Waals surface area contributed by atoms with E-state index in [4.69, 9.17) is 23.2 Å². The summed E-state index contributed by atoms with van der Waals surface area (Å²) in [6.45, 7) is 2.06. The highest BCUT2D eigenvalue weighted by molar-refractivity contribution is 7.99. The number of anilines is 1. The third-order valence-electron chi connectivity index (χ3n) is 3.58. The molecular formula is C19H16Cl2N2OS2. The zero-order chi connectivity index (χ0) is 18.5. The molecular weight excluding hydrogens is 407 g/mol. The van der Waals surface area contributed by atoms with Crippen molar-refractivity contribution in [3.8, 4) is 11.3 Å². The summed E-state index contributed by atoms with van der Waals surface area (Å²) in [6, 6.07) is 13.6. The molecule has 0 saturated carbocycles. The average molecular weight is 423 g/mol. The predicted octanol–water partition coefficient (Wildman–Crippen LogP) is 6.55. The molecule has 2 aromatic carbocycles. The Bertz CT molecular complexity index is 910. The van der Waals surface area contributed by atoms with Gasteiger partial charge in [-0.15, -0.1) is 23.1 Å². The number of rotatable bonds is 6. The number of hydrogen-bond acceptors (Lipinski definition) is 4. The molecule has 3 nitrogen and oxygen atoms in total. The van der Waals surface area contributed by atoms with Gasteiger partial charge in [0.25, 0.3) is 0 Å². The molecule has 1 amide bonds. The maximum atomic E-state index is 12.1. The Morgan fingerprint density at radius 3 is 2.65 bits per heavy atom. The fourth-order valence-electron chi connectivity index (χ4n) is 2.20. The molecule has 7 heteroatoms. The van der Waals surface area contributed by atoms with Crippen molar-refractivity contribution in [3.05, 3.63) is 63.5 Å². The maximum Gasteiger partial charge on any atom is 0.226 e. The molecule has 0 aliphatic heterocycles. The Balaban J connectivity index is 1.52. The van der Waals surface area contributed by atoms with Gasteiger partial charge in [-0.05, 0) is 31.2 Å². The van der Waals surface area contributed by atoms with Crippen LogP contribution in [-0.4, -0.2) is 16.6 Å². The minimum atomic E-state index is -0.0420. The summed E-state index contributed by atoms with van der Waals surface area (Å²) >= 11 is 15.0. The summed E-state index contributed by atoms with van der Waals surface area (Å²) in [6.07, 6.45) is 0.431. The van der Waals surface area contributed by atoms with Crippen molar-refractivity contribution in [3.63, 3.8) is 0 Å². The summed E-state index contributed by atoms with van der Waals surface area (Å²) in [5, 5.41) is 6.30. The first-order chi connectivity index (χ1) is 12.5. The first-order valence-corrected chi connectivity index (χ1v) is 10.5. The fourth-order valence-corrected chi connectivity index (χ4v) is 4.08.